The highest BCUT2D eigenvalue weighted by Crippen LogP contribution is 2.13. The molecule has 0 fully saturated rings. The molecule has 0 unspecified atom stereocenters. The van der Waals surface area contributed by atoms with Crippen molar-refractivity contribution in [1.82, 2.24) is 0 Å². The molecule has 7 nitrogen and oxygen atoms in total. The molecule has 1 rings (SSSR count). The summed E-state index contributed by atoms with van der Waals surface area (Å²) in [5.74, 6) is -0.881. The SMILES string of the molecule is COc1ccc(C(=O)CCC(=O)O)cc1.NC(=O)CCC=O. The van der Waals surface area contributed by atoms with Gasteiger partial charge in [-0.15, -0.1) is 0 Å². The molecule has 0 aliphatic carbocycles. The van der Waals surface area contributed by atoms with Gasteiger partial charge in [0.2, 0.25) is 5.91 Å². The number of ketones is 1. The largest absolute Gasteiger partial charge is 0.497 e. The van der Waals surface area contributed by atoms with Crippen molar-refractivity contribution in [1.29, 1.82) is 0 Å². The first-order chi connectivity index (χ1) is 10.4. The smallest absolute Gasteiger partial charge is 0.303 e. The Morgan fingerprint density at radius 2 is 1.73 bits per heavy atom. The standard InChI is InChI=1S/C11H12O4.C4H7NO2/c1-15-9-4-2-8(3-5-9)10(12)6-7-11(13)14;5-4(7)2-1-3-6/h2-5H,6-7H2,1H3,(H,13,14);3H,1-2H2,(H2,5,7). The molecule has 0 radical (unpaired) electrons. The summed E-state index contributed by atoms with van der Waals surface area (Å²) in [5, 5.41) is 8.42. The van der Waals surface area contributed by atoms with Crippen LogP contribution in [0.5, 0.6) is 5.75 Å². The number of hydrogen-bond donors (Lipinski definition) is 2. The zero-order valence-electron chi connectivity index (χ0n) is 12.3. The normalized spacial score (nSPS) is 9.14. The van der Waals surface area contributed by atoms with Crippen LogP contribution in [-0.2, 0) is 14.4 Å². The molecule has 0 saturated heterocycles. The Morgan fingerprint density at radius 3 is 2.09 bits per heavy atom. The predicted molar refractivity (Wildman–Crippen MR) is 78.7 cm³/mol. The number of Topliss-reactive ketones (excluding diaryl/α,β-unsaturated/α-hetero) is 1. The van der Waals surface area contributed by atoms with Crippen LogP contribution < -0.4 is 10.5 Å². The average Bonchev–Trinajstić information content (AvgIpc) is 2.51. The van der Waals surface area contributed by atoms with Gasteiger partial charge in [0.05, 0.1) is 13.5 Å². The quantitative estimate of drug-likeness (QED) is 0.549. The van der Waals surface area contributed by atoms with E-state index in [1.165, 1.54) is 0 Å². The number of methoxy groups -OCH3 is 1. The van der Waals surface area contributed by atoms with E-state index in [1.807, 2.05) is 0 Å². The maximum atomic E-state index is 11.4. The Labute approximate surface area is 128 Å². The minimum atomic E-state index is -0.961. The Balaban J connectivity index is 0.000000534. The van der Waals surface area contributed by atoms with Gasteiger partial charge in [0.25, 0.3) is 0 Å². The Hall–Kier alpha value is -2.70. The molecular formula is C15H19NO6. The number of carbonyl (C=O) groups excluding carboxylic acids is 3. The molecule has 7 heteroatoms. The monoisotopic (exact) mass is 309 g/mol. The number of carboxylic acids is 1. The fourth-order valence-electron chi connectivity index (χ4n) is 1.34. The highest BCUT2D eigenvalue weighted by molar-refractivity contribution is 5.97. The van der Waals surface area contributed by atoms with Gasteiger partial charge in [-0.3, -0.25) is 14.4 Å². The van der Waals surface area contributed by atoms with Crippen LogP contribution in [0.25, 0.3) is 0 Å². The number of nitrogens with two attached hydrogens (primary N) is 1. The molecule has 1 aromatic rings. The number of ether oxygens (including phenoxy) is 1. The first kappa shape index (κ1) is 19.3. The summed E-state index contributed by atoms with van der Waals surface area (Å²) in [6, 6.07) is 6.61. The number of aldehydes is 1. The second kappa shape index (κ2) is 11.0. The molecule has 0 atom stereocenters. The Bertz CT molecular complexity index is 509. The molecule has 1 aromatic carbocycles. The van der Waals surface area contributed by atoms with Gasteiger partial charge in [-0.1, -0.05) is 0 Å². The van der Waals surface area contributed by atoms with Crippen LogP contribution in [0.3, 0.4) is 0 Å². The lowest BCUT2D eigenvalue weighted by Gasteiger charge is -2.01. The van der Waals surface area contributed by atoms with E-state index in [0.29, 0.717) is 17.6 Å². The number of primary amides is 1. The van der Waals surface area contributed by atoms with E-state index in [2.05, 4.69) is 5.73 Å². The van der Waals surface area contributed by atoms with Crippen molar-refractivity contribution in [2.75, 3.05) is 7.11 Å². The average molecular weight is 309 g/mol. The summed E-state index contributed by atoms with van der Waals surface area (Å²) >= 11 is 0. The summed E-state index contributed by atoms with van der Waals surface area (Å²) < 4.78 is 4.94. The summed E-state index contributed by atoms with van der Waals surface area (Å²) in [5.41, 5.74) is 5.19. The van der Waals surface area contributed by atoms with Gasteiger partial charge in [-0.05, 0) is 24.3 Å². The third-order valence-corrected chi connectivity index (χ3v) is 2.49. The molecule has 0 aliphatic rings. The van der Waals surface area contributed by atoms with E-state index < -0.39 is 11.9 Å². The summed E-state index contributed by atoms with van der Waals surface area (Å²) in [7, 11) is 1.54. The van der Waals surface area contributed by atoms with Crippen LogP contribution in [-0.4, -0.2) is 36.2 Å². The summed E-state index contributed by atoms with van der Waals surface area (Å²) in [6.07, 6.45) is 0.982. The number of benzene rings is 1. The first-order valence-corrected chi connectivity index (χ1v) is 6.51. The van der Waals surface area contributed by atoms with Crippen LogP contribution in [0.2, 0.25) is 0 Å². The molecule has 0 aliphatic heterocycles. The minimum absolute atomic E-state index is 0.0294. The molecule has 1 amide bonds. The maximum Gasteiger partial charge on any atom is 0.303 e. The van der Waals surface area contributed by atoms with Crippen LogP contribution in [0.1, 0.15) is 36.0 Å². The van der Waals surface area contributed by atoms with Crippen molar-refractivity contribution in [2.45, 2.75) is 25.7 Å². The van der Waals surface area contributed by atoms with Crippen molar-refractivity contribution in [2.24, 2.45) is 5.73 Å². The summed E-state index contributed by atoms with van der Waals surface area (Å²) in [6.45, 7) is 0. The molecule has 0 heterocycles. The van der Waals surface area contributed by atoms with E-state index in [9.17, 15) is 19.2 Å². The van der Waals surface area contributed by atoms with Gasteiger partial charge in [0.15, 0.2) is 5.78 Å². The number of amides is 1. The number of carboxylic acid groups (broad SMARTS) is 1. The lowest BCUT2D eigenvalue weighted by molar-refractivity contribution is -0.137. The molecular weight excluding hydrogens is 290 g/mol. The van der Waals surface area contributed by atoms with Crippen LogP contribution in [0.4, 0.5) is 0 Å². The van der Waals surface area contributed by atoms with E-state index >= 15 is 0 Å². The third-order valence-electron chi connectivity index (χ3n) is 2.49. The second-order valence-electron chi connectivity index (χ2n) is 4.22. The maximum absolute atomic E-state index is 11.4. The molecule has 0 saturated carbocycles. The Morgan fingerprint density at radius 1 is 1.14 bits per heavy atom. The van der Waals surface area contributed by atoms with Crippen molar-refractivity contribution < 1.29 is 29.0 Å². The van der Waals surface area contributed by atoms with Gasteiger partial charge in [0.1, 0.15) is 12.0 Å². The highest BCUT2D eigenvalue weighted by Gasteiger charge is 2.08. The highest BCUT2D eigenvalue weighted by atomic mass is 16.5. The van der Waals surface area contributed by atoms with Crippen molar-refractivity contribution >= 4 is 23.9 Å². The first-order valence-electron chi connectivity index (χ1n) is 6.51. The van der Waals surface area contributed by atoms with Crippen LogP contribution in [0, 0.1) is 0 Å². The predicted octanol–water partition coefficient (Wildman–Crippen LogP) is 1.19. The topological polar surface area (TPSA) is 124 Å². The number of rotatable bonds is 8. The van der Waals surface area contributed by atoms with Gasteiger partial charge in [-0.25, -0.2) is 0 Å². The van der Waals surface area contributed by atoms with E-state index in [0.717, 1.165) is 0 Å². The third kappa shape index (κ3) is 9.24. The van der Waals surface area contributed by atoms with Gasteiger partial charge in [0, 0.05) is 24.8 Å². The van der Waals surface area contributed by atoms with Gasteiger partial charge >= 0.3 is 5.97 Å². The van der Waals surface area contributed by atoms with Crippen molar-refractivity contribution in [3.8, 4) is 5.75 Å². The van der Waals surface area contributed by atoms with Gasteiger partial charge in [-0.2, -0.15) is 0 Å². The minimum Gasteiger partial charge on any atom is -0.497 e. The zero-order chi connectivity index (χ0) is 17.0. The van der Waals surface area contributed by atoms with Crippen molar-refractivity contribution in [3.63, 3.8) is 0 Å². The van der Waals surface area contributed by atoms with Crippen molar-refractivity contribution in [3.05, 3.63) is 29.8 Å². The van der Waals surface area contributed by atoms with E-state index in [4.69, 9.17) is 9.84 Å². The fraction of sp³-hybridized carbons (Fsp3) is 0.333. The Kier molecular flexibility index (Phi) is 9.66. The number of aliphatic carboxylic acids is 1. The molecule has 120 valence electrons. The molecule has 22 heavy (non-hydrogen) atoms. The fourth-order valence-corrected chi connectivity index (χ4v) is 1.34. The van der Waals surface area contributed by atoms with E-state index in [1.54, 1.807) is 31.4 Å². The summed E-state index contributed by atoms with van der Waals surface area (Å²) in [4.78, 5) is 41.0. The molecule has 0 bridgehead atoms. The zero-order valence-corrected chi connectivity index (χ0v) is 12.3. The lowest BCUT2D eigenvalue weighted by atomic mass is 10.1. The lowest BCUT2D eigenvalue weighted by Crippen LogP contribution is -2.09. The number of hydrogen-bond acceptors (Lipinski definition) is 5. The molecule has 0 aromatic heterocycles. The van der Waals surface area contributed by atoms with E-state index in [-0.39, 0.29) is 31.5 Å². The molecule has 0 spiro atoms. The second-order valence-corrected chi connectivity index (χ2v) is 4.22. The van der Waals surface area contributed by atoms with Crippen LogP contribution in [0.15, 0.2) is 24.3 Å². The number of carbonyl (C=O) groups is 4. The van der Waals surface area contributed by atoms with Crippen LogP contribution >= 0.6 is 0 Å². The molecule has 3 N–H and O–H groups in total. The van der Waals surface area contributed by atoms with Gasteiger partial charge < -0.3 is 20.4 Å².